The van der Waals surface area contributed by atoms with Gasteiger partial charge in [0.15, 0.2) is 5.96 Å². The number of rotatable bonds is 6. The fraction of sp³-hybridized carbons (Fsp3) is 0.571. The Bertz CT molecular complexity index is 237. The first-order valence-electron chi connectivity index (χ1n) is 3.96. The number of nitrogens with two attached hydrogens (primary N) is 3. The van der Waals surface area contributed by atoms with Crippen LogP contribution < -0.4 is 17.2 Å². The third-order valence-electron chi connectivity index (χ3n) is 1.57. The Hall–Kier alpha value is -1.63. The maximum atomic E-state index is 10.5. The number of nitrogens with zero attached hydrogens (tertiary/aromatic N) is 1. The summed E-state index contributed by atoms with van der Waals surface area (Å²) in [6.45, 7) is 0.0623. The molecule has 2 unspecified atom stereocenters. The van der Waals surface area contributed by atoms with Crippen molar-refractivity contribution in [3.8, 4) is 0 Å². The number of aliphatic carboxylic acids is 1. The number of aldehydes is 1. The molecule has 0 amide bonds. The number of carbonyl (C=O) groups excluding carboxylic acids is 1. The average molecular weight is 202 g/mol. The average Bonchev–Trinajstić information content (AvgIpc) is 2.11. The SMILES string of the molecule is NC(N)=NCC(C=O)CC(N)C(=O)O. The van der Waals surface area contributed by atoms with Crippen LogP contribution in [0.3, 0.4) is 0 Å². The molecular weight excluding hydrogens is 188 g/mol. The van der Waals surface area contributed by atoms with Crippen molar-refractivity contribution in [2.45, 2.75) is 12.5 Å². The van der Waals surface area contributed by atoms with Crippen LogP contribution in [0, 0.1) is 5.92 Å². The molecule has 0 aromatic heterocycles. The molecule has 0 heterocycles. The van der Waals surface area contributed by atoms with Gasteiger partial charge in [-0.1, -0.05) is 0 Å². The minimum absolute atomic E-state index is 0.0234. The van der Waals surface area contributed by atoms with E-state index in [-0.39, 0.29) is 18.9 Å². The summed E-state index contributed by atoms with van der Waals surface area (Å²) in [5.41, 5.74) is 15.3. The van der Waals surface area contributed by atoms with Crippen LogP contribution in [0.2, 0.25) is 0 Å². The van der Waals surface area contributed by atoms with Crippen molar-refractivity contribution in [2.24, 2.45) is 28.1 Å². The van der Waals surface area contributed by atoms with Crippen molar-refractivity contribution in [1.82, 2.24) is 0 Å². The lowest BCUT2D eigenvalue weighted by Gasteiger charge is -2.10. The smallest absolute Gasteiger partial charge is 0.320 e. The number of hydrogen-bond donors (Lipinski definition) is 4. The Kier molecular flexibility index (Phi) is 5.23. The molecule has 0 radical (unpaired) electrons. The Morgan fingerprint density at radius 2 is 2.07 bits per heavy atom. The van der Waals surface area contributed by atoms with Gasteiger partial charge in [0.1, 0.15) is 12.3 Å². The summed E-state index contributed by atoms with van der Waals surface area (Å²) < 4.78 is 0. The van der Waals surface area contributed by atoms with Crippen molar-refractivity contribution >= 4 is 18.2 Å². The van der Waals surface area contributed by atoms with Gasteiger partial charge in [-0.25, -0.2) is 0 Å². The molecule has 14 heavy (non-hydrogen) atoms. The lowest BCUT2D eigenvalue weighted by Crippen LogP contribution is -2.34. The number of carboxylic acids is 1. The maximum Gasteiger partial charge on any atom is 0.320 e. The summed E-state index contributed by atoms with van der Waals surface area (Å²) in [5.74, 6) is -1.86. The van der Waals surface area contributed by atoms with Crippen LogP contribution in [-0.4, -0.2) is 35.9 Å². The molecule has 0 aliphatic rings. The second kappa shape index (κ2) is 5.92. The second-order valence-corrected chi connectivity index (χ2v) is 2.84. The molecule has 7 heteroatoms. The molecular formula is C7H14N4O3. The quantitative estimate of drug-likeness (QED) is 0.220. The summed E-state index contributed by atoms with van der Waals surface area (Å²) in [6, 6.07) is -1.07. The maximum absolute atomic E-state index is 10.5. The Balaban J connectivity index is 4.09. The van der Waals surface area contributed by atoms with Crippen LogP contribution in [0.25, 0.3) is 0 Å². The van der Waals surface area contributed by atoms with E-state index in [4.69, 9.17) is 22.3 Å². The zero-order valence-corrected chi connectivity index (χ0v) is 7.59. The topological polar surface area (TPSA) is 145 Å². The number of hydrogen-bond acceptors (Lipinski definition) is 4. The van der Waals surface area contributed by atoms with E-state index in [2.05, 4.69) is 4.99 Å². The molecule has 0 saturated carbocycles. The predicted molar refractivity (Wildman–Crippen MR) is 50.5 cm³/mol. The molecule has 0 aromatic carbocycles. The van der Waals surface area contributed by atoms with Crippen molar-refractivity contribution < 1.29 is 14.7 Å². The first-order valence-corrected chi connectivity index (χ1v) is 3.96. The van der Waals surface area contributed by atoms with Crippen molar-refractivity contribution in [3.63, 3.8) is 0 Å². The van der Waals surface area contributed by atoms with Crippen LogP contribution in [0.5, 0.6) is 0 Å². The van der Waals surface area contributed by atoms with Crippen molar-refractivity contribution in [3.05, 3.63) is 0 Å². The number of aliphatic imine (C=N–C) groups is 1. The first-order chi connectivity index (χ1) is 6.47. The molecule has 0 aliphatic carbocycles. The van der Waals surface area contributed by atoms with E-state index in [9.17, 15) is 9.59 Å². The molecule has 0 bridgehead atoms. The van der Waals surface area contributed by atoms with Crippen molar-refractivity contribution in [2.75, 3.05) is 6.54 Å². The lowest BCUT2D eigenvalue weighted by atomic mass is 10.0. The van der Waals surface area contributed by atoms with Gasteiger partial charge in [0.2, 0.25) is 0 Å². The summed E-state index contributed by atoms with van der Waals surface area (Å²) in [5, 5.41) is 8.48. The summed E-state index contributed by atoms with van der Waals surface area (Å²) in [6.07, 6.45) is 0.616. The molecule has 7 nitrogen and oxygen atoms in total. The predicted octanol–water partition coefficient (Wildman–Crippen LogP) is -2.12. The minimum atomic E-state index is -1.15. The van der Waals surface area contributed by atoms with Gasteiger partial charge in [-0.2, -0.15) is 0 Å². The van der Waals surface area contributed by atoms with Gasteiger partial charge < -0.3 is 27.1 Å². The molecule has 0 saturated heterocycles. The van der Waals surface area contributed by atoms with Crippen LogP contribution in [-0.2, 0) is 9.59 Å². The van der Waals surface area contributed by atoms with Gasteiger partial charge in [0.25, 0.3) is 0 Å². The Morgan fingerprint density at radius 3 is 2.43 bits per heavy atom. The normalized spacial score (nSPS) is 14.1. The summed E-state index contributed by atoms with van der Waals surface area (Å²) in [7, 11) is 0. The summed E-state index contributed by atoms with van der Waals surface area (Å²) >= 11 is 0. The Labute approximate surface area is 81.0 Å². The van der Waals surface area contributed by atoms with E-state index in [0.717, 1.165) is 0 Å². The van der Waals surface area contributed by atoms with Gasteiger partial charge in [-0.15, -0.1) is 0 Å². The molecule has 0 spiro atoms. The number of carbonyl (C=O) groups is 2. The summed E-state index contributed by atoms with van der Waals surface area (Å²) in [4.78, 5) is 24.4. The third kappa shape index (κ3) is 5.09. The monoisotopic (exact) mass is 202 g/mol. The zero-order valence-electron chi connectivity index (χ0n) is 7.59. The van der Waals surface area contributed by atoms with Gasteiger partial charge in [0, 0.05) is 5.92 Å². The minimum Gasteiger partial charge on any atom is -0.480 e. The molecule has 0 fully saturated rings. The molecule has 7 N–H and O–H groups in total. The zero-order chi connectivity index (χ0) is 11.1. The molecule has 0 aliphatic heterocycles. The van der Waals surface area contributed by atoms with Gasteiger partial charge >= 0.3 is 5.97 Å². The van der Waals surface area contributed by atoms with Gasteiger partial charge in [-0.05, 0) is 6.42 Å². The standard InChI is InChI=1S/C7H14N4O3/c8-5(6(13)14)1-4(3-12)2-11-7(9)10/h3-5H,1-2,8H2,(H,13,14)(H4,9,10,11). The fourth-order valence-electron chi connectivity index (χ4n) is 0.823. The number of carboxylic acid groups (broad SMARTS) is 1. The van der Waals surface area contributed by atoms with E-state index < -0.39 is 17.9 Å². The second-order valence-electron chi connectivity index (χ2n) is 2.84. The van der Waals surface area contributed by atoms with E-state index in [1.54, 1.807) is 0 Å². The van der Waals surface area contributed by atoms with E-state index >= 15 is 0 Å². The highest BCUT2D eigenvalue weighted by Gasteiger charge is 2.17. The molecule has 80 valence electrons. The highest BCUT2D eigenvalue weighted by molar-refractivity contribution is 5.76. The van der Waals surface area contributed by atoms with Crippen LogP contribution in [0.15, 0.2) is 4.99 Å². The Morgan fingerprint density at radius 1 is 1.50 bits per heavy atom. The van der Waals surface area contributed by atoms with Crippen LogP contribution >= 0.6 is 0 Å². The largest absolute Gasteiger partial charge is 0.480 e. The molecule has 2 atom stereocenters. The van der Waals surface area contributed by atoms with Crippen LogP contribution in [0.4, 0.5) is 0 Å². The van der Waals surface area contributed by atoms with E-state index in [1.165, 1.54) is 0 Å². The van der Waals surface area contributed by atoms with Crippen LogP contribution in [0.1, 0.15) is 6.42 Å². The first kappa shape index (κ1) is 12.4. The highest BCUT2D eigenvalue weighted by atomic mass is 16.4. The third-order valence-corrected chi connectivity index (χ3v) is 1.57. The van der Waals surface area contributed by atoms with Gasteiger partial charge in [0.05, 0.1) is 6.54 Å². The van der Waals surface area contributed by atoms with Gasteiger partial charge in [-0.3, -0.25) is 9.79 Å². The van der Waals surface area contributed by atoms with E-state index in [0.29, 0.717) is 6.29 Å². The fourth-order valence-corrected chi connectivity index (χ4v) is 0.823. The van der Waals surface area contributed by atoms with E-state index in [1.807, 2.05) is 0 Å². The molecule has 0 aromatic rings. The lowest BCUT2D eigenvalue weighted by molar-refractivity contribution is -0.138. The van der Waals surface area contributed by atoms with Crippen molar-refractivity contribution in [1.29, 1.82) is 0 Å². The highest BCUT2D eigenvalue weighted by Crippen LogP contribution is 2.03. The number of guanidine groups is 1. The molecule has 0 rings (SSSR count).